The van der Waals surface area contributed by atoms with Crippen molar-refractivity contribution < 1.29 is 19.1 Å². The zero-order chi connectivity index (χ0) is 21.3. The van der Waals surface area contributed by atoms with Crippen LogP contribution in [0.5, 0.6) is 0 Å². The molecule has 0 saturated heterocycles. The number of alkyl carbamates (subject to hydrolysis) is 2. The van der Waals surface area contributed by atoms with Crippen molar-refractivity contribution in [2.45, 2.75) is 52.4 Å². The Morgan fingerprint density at radius 3 is 2.34 bits per heavy atom. The minimum Gasteiger partial charge on any atom is -0.445 e. The number of nitrogens with one attached hydrogen (secondary N) is 2. The molecule has 0 aliphatic heterocycles. The Kier molecular flexibility index (Phi) is 8.07. The summed E-state index contributed by atoms with van der Waals surface area (Å²) in [4.78, 5) is 23.8. The lowest BCUT2D eigenvalue weighted by molar-refractivity contribution is 0.0508. The van der Waals surface area contributed by atoms with Gasteiger partial charge in [-0.15, -0.1) is 0 Å². The first kappa shape index (κ1) is 22.3. The Morgan fingerprint density at radius 2 is 1.66 bits per heavy atom. The first-order valence-electron chi connectivity index (χ1n) is 9.76. The van der Waals surface area contributed by atoms with Crippen LogP contribution < -0.4 is 10.6 Å². The normalized spacial score (nSPS) is 12.0. The van der Waals surface area contributed by atoms with Crippen LogP contribution >= 0.6 is 0 Å². The molecule has 1 unspecified atom stereocenters. The van der Waals surface area contributed by atoms with Crippen molar-refractivity contribution in [1.29, 1.82) is 0 Å². The van der Waals surface area contributed by atoms with E-state index in [1.807, 2.05) is 82.3 Å². The van der Waals surface area contributed by atoms with E-state index >= 15 is 0 Å². The molecule has 2 aromatic rings. The maximum atomic E-state index is 11.9. The Balaban J connectivity index is 1.77. The van der Waals surface area contributed by atoms with Gasteiger partial charge in [0.15, 0.2) is 0 Å². The minimum atomic E-state index is -0.535. The molecule has 2 amide bonds. The smallest absolute Gasteiger partial charge is 0.408 e. The van der Waals surface area contributed by atoms with E-state index < -0.39 is 17.8 Å². The van der Waals surface area contributed by atoms with Gasteiger partial charge in [-0.3, -0.25) is 0 Å². The highest BCUT2D eigenvalue weighted by Gasteiger charge is 2.18. The van der Waals surface area contributed by atoms with Gasteiger partial charge in [-0.2, -0.15) is 0 Å². The lowest BCUT2D eigenvalue weighted by Crippen LogP contribution is -2.34. The van der Waals surface area contributed by atoms with Crippen molar-refractivity contribution in [1.82, 2.24) is 10.6 Å². The number of carbonyl (C=O) groups excluding carboxylic acids is 2. The third-order valence-electron chi connectivity index (χ3n) is 4.08. The van der Waals surface area contributed by atoms with Gasteiger partial charge in [0.1, 0.15) is 12.2 Å². The largest absolute Gasteiger partial charge is 0.445 e. The van der Waals surface area contributed by atoms with Gasteiger partial charge in [0, 0.05) is 6.54 Å². The standard InChI is InChI=1S/C23H30N2O4/c1-17(25-22(27)29-23(2,3)4)20-12-8-11-18(15-20)13-14-24-21(26)28-16-19-9-6-5-7-10-19/h5-12,15,17H,13-14,16H2,1-4H3,(H,24,26)(H,25,27). The highest BCUT2D eigenvalue weighted by Crippen LogP contribution is 2.16. The van der Waals surface area contributed by atoms with E-state index in [0.29, 0.717) is 13.0 Å². The lowest BCUT2D eigenvalue weighted by Gasteiger charge is -2.22. The van der Waals surface area contributed by atoms with Crippen molar-refractivity contribution in [3.63, 3.8) is 0 Å². The number of hydrogen-bond acceptors (Lipinski definition) is 4. The molecule has 2 rings (SSSR count). The molecule has 6 nitrogen and oxygen atoms in total. The van der Waals surface area contributed by atoms with Gasteiger partial charge in [0.2, 0.25) is 0 Å². The van der Waals surface area contributed by atoms with Crippen molar-refractivity contribution in [3.05, 3.63) is 71.3 Å². The van der Waals surface area contributed by atoms with Crippen LogP contribution in [0.25, 0.3) is 0 Å². The van der Waals surface area contributed by atoms with E-state index in [1.165, 1.54) is 0 Å². The number of benzene rings is 2. The van der Waals surface area contributed by atoms with Gasteiger partial charge in [-0.05, 0) is 50.8 Å². The van der Waals surface area contributed by atoms with E-state index in [9.17, 15) is 9.59 Å². The van der Waals surface area contributed by atoms with Gasteiger partial charge in [-0.25, -0.2) is 9.59 Å². The molecule has 0 bridgehead atoms. The molecule has 0 fully saturated rings. The zero-order valence-electron chi connectivity index (χ0n) is 17.5. The van der Waals surface area contributed by atoms with Crippen LogP contribution in [-0.2, 0) is 22.5 Å². The average Bonchev–Trinajstić information content (AvgIpc) is 2.66. The van der Waals surface area contributed by atoms with Crippen LogP contribution in [0, 0.1) is 0 Å². The number of rotatable bonds is 7. The first-order valence-corrected chi connectivity index (χ1v) is 9.76. The van der Waals surface area contributed by atoms with E-state index in [1.54, 1.807) is 0 Å². The summed E-state index contributed by atoms with van der Waals surface area (Å²) in [7, 11) is 0. The molecule has 0 saturated carbocycles. The Hall–Kier alpha value is -3.02. The summed E-state index contributed by atoms with van der Waals surface area (Å²) < 4.78 is 10.5. The lowest BCUT2D eigenvalue weighted by atomic mass is 10.0. The molecule has 0 spiro atoms. The summed E-state index contributed by atoms with van der Waals surface area (Å²) in [5.74, 6) is 0. The van der Waals surface area contributed by atoms with E-state index in [2.05, 4.69) is 10.6 Å². The molecule has 29 heavy (non-hydrogen) atoms. The molecule has 6 heteroatoms. The number of carbonyl (C=O) groups is 2. The van der Waals surface area contributed by atoms with Crippen molar-refractivity contribution in [3.8, 4) is 0 Å². The number of hydrogen-bond donors (Lipinski definition) is 2. The van der Waals surface area contributed by atoms with E-state index in [0.717, 1.165) is 16.7 Å². The third kappa shape index (κ3) is 8.68. The highest BCUT2D eigenvalue weighted by molar-refractivity contribution is 5.68. The van der Waals surface area contributed by atoms with E-state index in [-0.39, 0.29) is 12.6 Å². The molecular weight excluding hydrogens is 368 g/mol. The molecule has 0 heterocycles. The quantitative estimate of drug-likeness (QED) is 0.706. The Labute approximate surface area is 172 Å². The average molecular weight is 399 g/mol. The van der Waals surface area contributed by atoms with E-state index in [4.69, 9.17) is 9.47 Å². The first-order chi connectivity index (χ1) is 13.7. The maximum absolute atomic E-state index is 11.9. The fourth-order valence-corrected chi connectivity index (χ4v) is 2.67. The van der Waals surface area contributed by atoms with Crippen LogP contribution in [0.15, 0.2) is 54.6 Å². The van der Waals surface area contributed by atoms with Crippen LogP contribution in [0.4, 0.5) is 9.59 Å². The summed E-state index contributed by atoms with van der Waals surface area (Å²) in [6, 6.07) is 17.2. The maximum Gasteiger partial charge on any atom is 0.408 e. The second kappa shape index (κ2) is 10.5. The predicted octanol–water partition coefficient (Wildman–Crippen LogP) is 4.74. The molecule has 0 aliphatic rings. The van der Waals surface area contributed by atoms with Crippen LogP contribution in [0.3, 0.4) is 0 Å². The highest BCUT2D eigenvalue weighted by atomic mass is 16.6. The molecule has 0 aromatic heterocycles. The molecule has 2 N–H and O–H groups in total. The van der Waals surface area contributed by atoms with Gasteiger partial charge in [0.05, 0.1) is 6.04 Å². The summed E-state index contributed by atoms with van der Waals surface area (Å²) in [5.41, 5.74) is 2.44. The summed E-state index contributed by atoms with van der Waals surface area (Å²) in [6.45, 7) is 8.10. The molecule has 0 aliphatic carbocycles. The molecule has 2 aromatic carbocycles. The van der Waals surface area contributed by atoms with Crippen LogP contribution in [0.2, 0.25) is 0 Å². The zero-order valence-corrected chi connectivity index (χ0v) is 17.5. The monoisotopic (exact) mass is 398 g/mol. The van der Waals surface area contributed by atoms with Gasteiger partial charge in [0.25, 0.3) is 0 Å². The SMILES string of the molecule is CC(NC(=O)OC(C)(C)C)c1cccc(CCNC(=O)OCc2ccccc2)c1. The van der Waals surface area contributed by atoms with Gasteiger partial charge in [-0.1, -0.05) is 54.6 Å². The van der Waals surface area contributed by atoms with Crippen LogP contribution in [-0.4, -0.2) is 24.3 Å². The molecular formula is C23H30N2O4. The van der Waals surface area contributed by atoms with Crippen molar-refractivity contribution in [2.75, 3.05) is 6.54 Å². The molecule has 0 radical (unpaired) electrons. The summed E-state index contributed by atoms with van der Waals surface area (Å²) >= 11 is 0. The molecule has 156 valence electrons. The minimum absolute atomic E-state index is 0.186. The Morgan fingerprint density at radius 1 is 0.966 bits per heavy atom. The second-order valence-electron chi connectivity index (χ2n) is 7.85. The van der Waals surface area contributed by atoms with Crippen LogP contribution in [0.1, 0.15) is 50.4 Å². The fraction of sp³-hybridized carbons (Fsp3) is 0.391. The third-order valence-corrected chi connectivity index (χ3v) is 4.08. The number of ether oxygens (including phenoxy) is 2. The Bertz CT molecular complexity index is 800. The van der Waals surface area contributed by atoms with Crippen molar-refractivity contribution in [2.24, 2.45) is 0 Å². The second-order valence-corrected chi connectivity index (χ2v) is 7.85. The summed E-state index contributed by atoms with van der Waals surface area (Å²) in [6.07, 6.45) is -0.226. The topological polar surface area (TPSA) is 76.7 Å². The fourth-order valence-electron chi connectivity index (χ4n) is 2.67. The summed E-state index contributed by atoms with van der Waals surface area (Å²) in [5, 5.41) is 5.59. The molecule has 1 atom stereocenters. The predicted molar refractivity (Wildman–Crippen MR) is 113 cm³/mol. The van der Waals surface area contributed by atoms with Gasteiger partial charge >= 0.3 is 12.2 Å². The number of amides is 2. The van der Waals surface area contributed by atoms with Gasteiger partial charge < -0.3 is 20.1 Å². The van der Waals surface area contributed by atoms with Crippen molar-refractivity contribution >= 4 is 12.2 Å².